The number of amides is 2. The fraction of sp³-hybridized carbons (Fsp3) is 0.250. The molecule has 0 saturated heterocycles. The lowest BCUT2D eigenvalue weighted by Gasteiger charge is -2.14. The molecule has 38 heavy (non-hydrogen) atoms. The molecule has 2 heterocycles. The monoisotopic (exact) mass is 564 g/mol. The van der Waals surface area contributed by atoms with Gasteiger partial charge in [-0.2, -0.15) is 17.6 Å². The zero-order valence-electron chi connectivity index (χ0n) is 19.5. The number of benzene rings is 2. The number of aromatic nitrogens is 4. The highest BCUT2D eigenvalue weighted by atomic mass is 32.1. The van der Waals surface area contributed by atoms with Gasteiger partial charge in [0.2, 0.25) is 10.3 Å². The van der Waals surface area contributed by atoms with E-state index in [-0.39, 0.29) is 10.3 Å². The summed E-state index contributed by atoms with van der Waals surface area (Å²) in [5.74, 6) is -10.4. The molecule has 4 rings (SSSR count). The number of hydrogen-bond donors (Lipinski definition) is 2. The second-order valence-electron chi connectivity index (χ2n) is 8.00. The molecule has 4 aromatic rings. The highest BCUT2D eigenvalue weighted by molar-refractivity contribution is 7.15. The minimum atomic E-state index is -3.72. The fourth-order valence-corrected chi connectivity index (χ4v) is 4.82. The number of nitrogens with zero attached hydrogens (tertiary/aromatic N) is 4. The van der Waals surface area contributed by atoms with Crippen molar-refractivity contribution in [1.82, 2.24) is 20.4 Å². The largest absolute Gasteiger partial charge is 0.350 e. The van der Waals surface area contributed by atoms with Crippen molar-refractivity contribution in [2.24, 2.45) is 0 Å². The summed E-state index contributed by atoms with van der Waals surface area (Å²) in [6, 6.07) is 13.5. The zero-order chi connectivity index (χ0) is 27.2. The van der Waals surface area contributed by atoms with E-state index in [1.165, 1.54) is 48.5 Å². The number of unbranched alkanes of at least 4 members (excludes halogenated alkanes) is 1. The van der Waals surface area contributed by atoms with E-state index in [0.29, 0.717) is 35.7 Å². The molecule has 198 valence electrons. The van der Waals surface area contributed by atoms with E-state index in [1.807, 2.05) is 0 Å². The average Bonchev–Trinajstić information content (AvgIpc) is 3.56. The van der Waals surface area contributed by atoms with Gasteiger partial charge in [0.1, 0.15) is 10.0 Å². The molecule has 0 saturated carbocycles. The summed E-state index contributed by atoms with van der Waals surface area (Å²) >= 11 is 2.00. The van der Waals surface area contributed by atoms with Gasteiger partial charge >= 0.3 is 23.7 Å². The van der Waals surface area contributed by atoms with Crippen LogP contribution >= 0.6 is 22.7 Å². The van der Waals surface area contributed by atoms with Crippen molar-refractivity contribution >= 4 is 44.8 Å². The summed E-state index contributed by atoms with van der Waals surface area (Å²) < 4.78 is 57.3. The quantitative estimate of drug-likeness (QED) is 0.186. The number of rotatable bonds is 11. The van der Waals surface area contributed by atoms with E-state index in [1.54, 1.807) is 12.1 Å². The fourth-order valence-electron chi connectivity index (χ4n) is 3.27. The maximum atomic E-state index is 14.3. The summed E-state index contributed by atoms with van der Waals surface area (Å²) in [5, 5.41) is 20.6. The number of carbonyl (C=O) groups is 2. The van der Waals surface area contributed by atoms with Crippen LogP contribution in [-0.4, -0.2) is 32.2 Å². The predicted octanol–water partition coefficient (Wildman–Crippen LogP) is 5.42. The van der Waals surface area contributed by atoms with Crippen LogP contribution in [0.1, 0.15) is 34.0 Å². The van der Waals surface area contributed by atoms with Gasteiger partial charge in [-0.1, -0.05) is 83.3 Å². The number of aryl methyl sites for hydroxylation is 2. The highest BCUT2D eigenvalue weighted by Crippen LogP contribution is 2.31. The summed E-state index contributed by atoms with van der Waals surface area (Å²) in [7, 11) is 0. The van der Waals surface area contributed by atoms with Gasteiger partial charge in [0.25, 0.3) is 0 Å². The van der Waals surface area contributed by atoms with Crippen LogP contribution in [-0.2, 0) is 34.3 Å². The van der Waals surface area contributed by atoms with Crippen LogP contribution in [0.25, 0.3) is 0 Å². The van der Waals surface area contributed by atoms with Crippen LogP contribution in [0.15, 0.2) is 60.7 Å². The van der Waals surface area contributed by atoms with Crippen molar-refractivity contribution in [3.8, 4) is 0 Å². The van der Waals surface area contributed by atoms with Crippen molar-refractivity contribution in [3.63, 3.8) is 0 Å². The van der Waals surface area contributed by atoms with Crippen molar-refractivity contribution < 1.29 is 27.2 Å². The Balaban J connectivity index is 1.22. The molecule has 0 bridgehead atoms. The molecule has 2 amide bonds. The van der Waals surface area contributed by atoms with Crippen LogP contribution in [0.5, 0.6) is 0 Å². The van der Waals surface area contributed by atoms with E-state index in [4.69, 9.17) is 0 Å². The summed E-state index contributed by atoms with van der Waals surface area (Å²) in [5.41, 5.74) is -0.849. The van der Waals surface area contributed by atoms with Crippen molar-refractivity contribution in [1.29, 1.82) is 0 Å². The van der Waals surface area contributed by atoms with Crippen molar-refractivity contribution in [2.45, 2.75) is 37.5 Å². The third kappa shape index (κ3) is 6.55. The van der Waals surface area contributed by atoms with Gasteiger partial charge in [0.05, 0.1) is 0 Å². The maximum absolute atomic E-state index is 14.3. The predicted molar refractivity (Wildman–Crippen MR) is 134 cm³/mol. The smallest absolute Gasteiger partial charge is 0.295 e. The number of alkyl halides is 4. The van der Waals surface area contributed by atoms with Crippen molar-refractivity contribution in [3.05, 3.63) is 81.8 Å². The van der Waals surface area contributed by atoms with Gasteiger partial charge in [-0.3, -0.25) is 20.2 Å². The Labute approximate surface area is 222 Å². The van der Waals surface area contributed by atoms with Gasteiger partial charge in [-0.25, -0.2) is 0 Å². The number of nitrogens with one attached hydrogen (secondary N) is 2. The Morgan fingerprint density at radius 2 is 1.00 bits per heavy atom. The lowest BCUT2D eigenvalue weighted by atomic mass is 10.1. The number of halogens is 4. The van der Waals surface area contributed by atoms with Gasteiger partial charge in [0.15, 0.2) is 0 Å². The average molecular weight is 565 g/mol. The highest BCUT2D eigenvalue weighted by Gasteiger charge is 2.42. The standard InChI is InChI=1S/C24H20F4N6O2S2/c25-23(26,15-9-3-1-4-10-15)19(35)29-21-33-31-17(37-21)13-7-8-14-18-32-34-22(38-18)30-20(36)24(27,28)16-11-5-2-6-12-16/h1-6,9-12H,7-8,13-14H2,(H,29,33,35)(H,30,34,36). The lowest BCUT2D eigenvalue weighted by Crippen LogP contribution is -2.32. The molecule has 14 heteroatoms. The van der Waals surface area contributed by atoms with Crippen molar-refractivity contribution in [2.75, 3.05) is 10.6 Å². The van der Waals surface area contributed by atoms with E-state index in [0.717, 1.165) is 22.7 Å². The minimum absolute atomic E-state index is 0.0302. The van der Waals surface area contributed by atoms with Crippen LogP contribution < -0.4 is 10.6 Å². The molecule has 2 aromatic carbocycles. The van der Waals surface area contributed by atoms with E-state index >= 15 is 0 Å². The molecule has 0 atom stereocenters. The summed E-state index contributed by atoms with van der Waals surface area (Å²) in [4.78, 5) is 24.1. The Morgan fingerprint density at radius 3 is 1.37 bits per heavy atom. The molecule has 0 aliphatic carbocycles. The molecule has 0 spiro atoms. The first-order chi connectivity index (χ1) is 18.2. The molecule has 8 nitrogen and oxygen atoms in total. The Bertz CT molecular complexity index is 1280. The number of anilines is 2. The normalized spacial score (nSPS) is 11.8. The van der Waals surface area contributed by atoms with Crippen LogP contribution in [0.4, 0.5) is 27.8 Å². The topological polar surface area (TPSA) is 110 Å². The first-order valence-electron chi connectivity index (χ1n) is 11.3. The molecule has 0 fully saturated rings. The van der Waals surface area contributed by atoms with Crippen LogP contribution in [0.2, 0.25) is 0 Å². The molecule has 0 aliphatic heterocycles. The van der Waals surface area contributed by atoms with Gasteiger partial charge in [0, 0.05) is 24.0 Å². The Morgan fingerprint density at radius 1 is 0.632 bits per heavy atom. The first kappa shape index (κ1) is 27.3. The minimum Gasteiger partial charge on any atom is -0.295 e. The molecule has 0 radical (unpaired) electrons. The summed E-state index contributed by atoms with van der Waals surface area (Å²) in [6.07, 6.45) is 2.23. The molecule has 2 N–H and O–H groups in total. The zero-order valence-corrected chi connectivity index (χ0v) is 21.2. The third-order valence-corrected chi connectivity index (χ3v) is 7.05. The first-order valence-corrected chi connectivity index (χ1v) is 12.9. The number of hydrogen-bond acceptors (Lipinski definition) is 8. The Hall–Kier alpha value is -3.78. The molecule has 0 aliphatic rings. The van der Waals surface area contributed by atoms with Gasteiger partial charge in [-0.15, -0.1) is 20.4 Å². The lowest BCUT2D eigenvalue weighted by molar-refractivity contribution is -0.141. The molecular weight excluding hydrogens is 544 g/mol. The molecule has 2 aromatic heterocycles. The van der Waals surface area contributed by atoms with E-state index in [9.17, 15) is 27.2 Å². The SMILES string of the molecule is O=C(Nc1nnc(CCCCc2nnc(NC(=O)C(F)(F)c3ccccc3)s2)s1)C(F)(F)c1ccccc1. The third-order valence-electron chi connectivity index (χ3n) is 5.25. The van der Waals surface area contributed by atoms with E-state index in [2.05, 4.69) is 31.0 Å². The van der Waals surface area contributed by atoms with Crippen LogP contribution in [0, 0.1) is 0 Å². The Kier molecular flexibility index (Phi) is 8.42. The van der Waals surface area contributed by atoms with Gasteiger partial charge < -0.3 is 0 Å². The second kappa shape index (κ2) is 11.7. The van der Waals surface area contributed by atoms with E-state index < -0.39 is 34.8 Å². The summed E-state index contributed by atoms with van der Waals surface area (Å²) in [6.45, 7) is 0. The number of carbonyl (C=O) groups excluding carboxylic acids is 2. The maximum Gasteiger partial charge on any atom is 0.350 e. The second-order valence-corrected chi connectivity index (χ2v) is 10.1. The molecular formula is C24H20F4N6O2S2. The van der Waals surface area contributed by atoms with Gasteiger partial charge in [-0.05, 0) is 12.8 Å². The molecule has 0 unspecified atom stereocenters. The van der Waals surface area contributed by atoms with Crippen LogP contribution in [0.3, 0.4) is 0 Å².